The van der Waals surface area contributed by atoms with E-state index < -0.39 is 6.10 Å². The van der Waals surface area contributed by atoms with Gasteiger partial charge in [0, 0.05) is 13.5 Å². The number of aliphatic hydroxyl groups excluding tert-OH is 1. The Morgan fingerprint density at radius 1 is 0.950 bits per heavy atom. The van der Waals surface area contributed by atoms with E-state index in [4.69, 9.17) is 4.74 Å². The number of methoxy groups -OCH3 is 1. The monoisotopic (exact) mass is 270 g/mol. The van der Waals surface area contributed by atoms with Crippen LogP contribution in [0.1, 0.15) is 28.4 Å². The summed E-state index contributed by atoms with van der Waals surface area (Å²) in [6, 6.07) is 16.4. The number of hydrogen-bond acceptors (Lipinski definition) is 2. The molecule has 0 spiro atoms. The molecule has 0 radical (unpaired) electrons. The molecule has 2 heteroatoms. The second-order valence-corrected chi connectivity index (χ2v) is 5.19. The van der Waals surface area contributed by atoms with E-state index in [0.717, 1.165) is 24.2 Å². The Bertz CT molecular complexity index is 514. The normalized spacial score (nSPS) is 12.3. The summed E-state index contributed by atoms with van der Waals surface area (Å²) in [6.07, 6.45) is 1.11. The minimum absolute atomic E-state index is 0.450. The summed E-state index contributed by atoms with van der Waals surface area (Å²) < 4.78 is 5.06. The predicted octanol–water partition coefficient (Wildman–Crippen LogP) is 3.46. The molecule has 0 amide bonds. The van der Waals surface area contributed by atoms with Crippen molar-refractivity contribution in [3.8, 4) is 0 Å². The molecular formula is C18H22O2. The van der Waals surface area contributed by atoms with Crippen molar-refractivity contribution in [3.63, 3.8) is 0 Å². The lowest BCUT2D eigenvalue weighted by molar-refractivity contribution is 0.178. The lowest BCUT2D eigenvalue weighted by atomic mass is 9.99. The van der Waals surface area contributed by atoms with E-state index >= 15 is 0 Å². The first-order valence-electron chi connectivity index (χ1n) is 7.00. The predicted molar refractivity (Wildman–Crippen MR) is 81.9 cm³/mol. The average molecular weight is 270 g/mol. The van der Waals surface area contributed by atoms with Crippen molar-refractivity contribution in [2.75, 3.05) is 13.7 Å². The van der Waals surface area contributed by atoms with Gasteiger partial charge in [-0.15, -0.1) is 0 Å². The largest absolute Gasteiger partial charge is 0.388 e. The Morgan fingerprint density at radius 2 is 1.55 bits per heavy atom. The van der Waals surface area contributed by atoms with Crippen molar-refractivity contribution in [1.29, 1.82) is 0 Å². The SMILES string of the molecule is COCCc1ccc(C(O)Cc2ccc(C)cc2)cc1. The van der Waals surface area contributed by atoms with Crippen molar-refractivity contribution >= 4 is 0 Å². The Kier molecular flexibility index (Phi) is 5.33. The summed E-state index contributed by atoms with van der Waals surface area (Å²) in [5, 5.41) is 10.3. The molecule has 0 aliphatic rings. The average Bonchev–Trinajstić information content (AvgIpc) is 2.48. The number of aryl methyl sites for hydroxylation is 1. The number of aliphatic hydroxyl groups is 1. The molecule has 0 saturated heterocycles. The van der Waals surface area contributed by atoms with Crippen LogP contribution >= 0.6 is 0 Å². The fourth-order valence-corrected chi connectivity index (χ4v) is 2.19. The molecule has 2 aromatic rings. The van der Waals surface area contributed by atoms with Crippen LogP contribution in [0.4, 0.5) is 0 Å². The molecule has 106 valence electrons. The number of hydrogen-bond donors (Lipinski definition) is 1. The van der Waals surface area contributed by atoms with Crippen molar-refractivity contribution in [3.05, 3.63) is 70.8 Å². The zero-order chi connectivity index (χ0) is 14.4. The molecular weight excluding hydrogens is 248 g/mol. The molecule has 0 aliphatic carbocycles. The van der Waals surface area contributed by atoms with Crippen LogP contribution in [0.3, 0.4) is 0 Å². The van der Waals surface area contributed by atoms with Crippen LogP contribution in [0.5, 0.6) is 0 Å². The Hall–Kier alpha value is -1.64. The molecule has 1 unspecified atom stereocenters. The quantitative estimate of drug-likeness (QED) is 0.871. The van der Waals surface area contributed by atoms with Gasteiger partial charge >= 0.3 is 0 Å². The van der Waals surface area contributed by atoms with E-state index in [9.17, 15) is 5.11 Å². The van der Waals surface area contributed by atoms with E-state index in [1.165, 1.54) is 11.1 Å². The molecule has 0 saturated carbocycles. The first kappa shape index (κ1) is 14.8. The van der Waals surface area contributed by atoms with Crippen molar-refractivity contribution in [2.45, 2.75) is 25.9 Å². The first-order valence-corrected chi connectivity index (χ1v) is 7.00. The number of ether oxygens (including phenoxy) is 1. The third kappa shape index (κ3) is 4.19. The smallest absolute Gasteiger partial charge is 0.0830 e. The molecule has 0 heterocycles. The molecule has 1 N–H and O–H groups in total. The van der Waals surface area contributed by atoms with Gasteiger partial charge in [0.05, 0.1) is 12.7 Å². The van der Waals surface area contributed by atoms with E-state index in [0.29, 0.717) is 6.42 Å². The van der Waals surface area contributed by atoms with Crippen LogP contribution in [0, 0.1) is 6.92 Å². The highest BCUT2D eigenvalue weighted by molar-refractivity contribution is 5.27. The van der Waals surface area contributed by atoms with Gasteiger partial charge in [-0.05, 0) is 30.0 Å². The highest BCUT2D eigenvalue weighted by Crippen LogP contribution is 2.19. The first-order chi connectivity index (χ1) is 9.69. The molecule has 2 nitrogen and oxygen atoms in total. The Balaban J connectivity index is 1.98. The van der Waals surface area contributed by atoms with Crippen LogP contribution in [0.15, 0.2) is 48.5 Å². The van der Waals surface area contributed by atoms with Crippen LogP contribution < -0.4 is 0 Å². The second-order valence-electron chi connectivity index (χ2n) is 5.19. The molecule has 0 aromatic heterocycles. The van der Waals surface area contributed by atoms with Gasteiger partial charge in [0.15, 0.2) is 0 Å². The zero-order valence-electron chi connectivity index (χ0n) is 12.2. The maximum Gasteiger partial charge on any atom is 0.0830 e. The minimum atomic E-state index is -0.450. The second kappa shape index (κ2) is 7.22. The molecule has 0 aliphatic heterocycles. The van der Waals surface area contributed by atoms with Crippen LogP contribution in [-0.2, 0) is 17.6 Å². The summed E-state index contributed by atoms with van der Waals surface area (Å²) in [4.78, 5) is 0. The van der Waals surface area contributed by atoms with Crippen molar-refractivity contribution in [2.24, 2.45) is 0 Å². The van der Waals surface area contributed by atoms with Gasteiger partial charge in [0.25, 0.3) is 0 Å². The maximum atomic E-state index is 10.3. The Labute approximate surface area is 121 Å². The van der Waals surface area contributed by atoms with Crippen LogP contribution in [0.25, 0.3) is 0 Å². The number of rotatable bonds is 6. The fraction of sp³-hybridized carbons (Fsp3) is 0.333. The van der Waals surface area contributed by atoms with Gasteiger partial charge in [0.2, 0.25) is 0 Å². The fourth-order valence-electron chi connectivity index (χ4n) is 2.19. The third-order valence-corrected chi connectivity index (χ3v) is 3.51. The summed E-state index contributed by atoms with van der Waals surface area (Å²) in [5.74, 6) is 0. The molecule has 2 aromatic carbocycles. The molecule has 0 bridgehead atoms. The van der Waals surface area contributed by atoms with Gasteiger partial charge in [-0.3, -0.25) is 0 Å². The van der Waals surface area contributed by atoms with Gasteiger partial charge in [0.1, 0.15) is 0 Å². The summed E-state index contributed by atoms with van der Waals surface area (Å²) in [6.45, 7) is 2.80. The summed E-state index contributed by atoms with van der Waals surface area (Å²) in [7, 11) is 1.71. The topological polar surface area (TPSA) is 29.5 Å². The lowest BCUT2D eigenvalue weighted by Crippen LogP contribution is -2.02. The minimum Gasteiger partial charge on any atom is -0.388 e. The van der Waals surface area contributed by atoms with E-state index in [1.807, 2.05) is 12.1 Å². The lowest BCUT2D eigenvalue weighted by Gasteiger charge is -2.12. The third-order valence-electron chi connectivity index (χ3n) is 3.51. The zero-order valence-corrected chi connectivity index (χ0v) is 12.2. The number of benzene rings is 2. The highest BCUT2D eigenvalue weighted by Gasteiger charge is 2.08. The Morgan fingerprint density at radius 3 is 2.15 bits per heavy atom. The van der Waals surface area contributed by atoms with Gasteiger partial charge in [-0.2, -0.15) is 0 Å². The highest BCUT2D eigenvalue weighted by atomic mass is 16.5. The standard InChI is InChI=1S/C18H22O2/c1-14-3-5-16(6-4-14)13-18(19)17-9-7-15(8-10-17)11-12-20-2/h3-10,18-19H,11-13H2,1-2H3. The van der Waals surface area contributed by atoms with Crippen molar-refractivity contribution in [1.82, 2.24) is 0 Å². The van der Waals surface area contributed by atoms with E-state index in [1.54, 1.807) is 7.11 Å². The summed E-state index contributed by atoms with van der Waals surface area (Å²) >= 11 is 0. The van der Waals surface area contributed by atoms with Gasteiger partial charge in [-0.25, -0.2) is 0 Å². The van der Waals surface area contributed by atoms with Crippen LogP contribution in [0.2, 0.25) is 0 Å². The van der Waals surface area contributed by atoms with E-state index in [-0.39, 0.29) is 0 Å². The summed E-state index contributed by atoms with van der Waals surface area (Å²) in [5.41, 5.74) is 4.60. The maximum absolute atomic E-state index is 10.3. The molecule has 1 atom stereocenters. The van der Waals surface area contributed by atoms with Crippen LogP contribution in [-0.4, -0.2) is 18.8 Å². The van der Waals surface area contributed by atoms with Gasteiger partial charge in [-0.1, -0.05) is 54.1 Å². The van der Waals surface area contributed by atoms with Gasteiger partial charge < -0.3 is 9.84 Å². The molecule has 2 rings (SSSR count). The molecule has 20 heavy (non-hydrogen) atoms. The molecule has 0 fully saturated rings. The van der Waals surface area contributed by atoms with E-state index in [2.05, 4.69) is 43.3 Å². The van der Waals surface area contributed by atoms with Crippen molar-refractivity contribution < 1.29 is 9.84 Å².